The Labute approximate surface area is 216 Å². The second kappa shape index (κ2) is 11.2. The molecule has 0 fully saturated rings. The van der Waals surface area contributed by atoms with Crippen LogP contribution in [0.1, 0.15) is 18.1 Å². The van der Waals surface area contributed by atoms with E-state index in [1.807, 2.05) is 54.6 Å². The predicted octanol–water partition coefficient (Wildman–Crippen LogP) is 5.25. The number of carbonyl (C=O) groups excluding carboxylic acids is 2. The van der Waals surface area contributed by atoms with Crippen LogP contribution in [0.25, 0.3) is 17.2 Å². The smallest absolute Gasteiger partial charge is 0.363 e. The Hall–Kier alpha value is -3.66. The van der Waals surface area contributed by atoms with Crippen LogP contribution in [0.3, 0.4) is 0 Å². The third kappa shape index (κ3) is 5.89. The number of esters is 2. The Kier molecular flexibility index (Phi) is 7.81. The second-order valence-electron chi connectivity index (χ2n) is 7.41. The van der Waals surface area contributed by atoms with Crippen molar-refractivity contribution in [3.8, 4) is 22.6 Å². The molecule has 0 atom stereocenters. The Morgan fingerprint density at radius 1 is 1.03 bits per heavy atom. The topological polar surface area (TPSA) is 83.4 Å². The minimum atomic E-state index is -0.538. The third-order valence-electron chi connectivity index (χ3n) is 5.05. The van der Waals surface area contributed by atoms with Crippen LogP contribution in [0.5, 0.6) is 11.5 Å². The molecule has 0 aromatic heterocycles. The highest BCUT2D eigenvalue weighted by molar-refractivity contribution is 14.1. The standard InChI is InChI=1S/C27H22INO6/c1-3-33-24(30)16-34-25-21(28)13-17(15-23(25)32-2)14-22-27(31)35-26(29-22)20-11-9-19(10-12-20)18-7-5-4-6-8-18/h4-15H,3,16H2,1-2H3/b22-14-. The molecule has 35 heavy (non-hydrogen) atoms. The zero-order valence-corrected chi connectivity index (χ0v) is 21.3. The van der Waals surface area contributed by atoms with Crippen LogP contribution in [0, 0.1) is 3.57 Å². The maximum Gasteiger partial charge on any atom is 0.363 e. The van der Waals surface area contributed by atoms with E-state index in [1.54, 1.807) is 25.1 Å². The van der Waals surface area contributed by atoms with E-state index in [1.165, 1.54) is 7.11 Å². The molecule has 3 aromatic carbocycles. The average Bonchev–Trinajstić information content (AvgIpc) is 3.23. The van der Waals surface area contributed by atoms with Gasteiger partial charge >= 0.3 is 11.9 Å². The van der Waals surface area contributed by atoms with Gasteiger partial charge in [-0.25, -0.2) is 14.6 Å². The van der Waals surface area contributed by atoms with Crippen LogP contribution in [0.4, 0.5) is 0 Å². The van der Waals surface area contributed by atoms with Crippen molar-refractivity contribution in [2.45, 2.75) is 6.92 Å². The average molecular weight is 583 g/mol. The highest BCUT2D eigenvalue weighted by Crippen LogP contribution is 2.35. The summed E-state index contributed by atoms with van der Waals surface area (Å²) in [5.41, 5.74) is 3.71. The predicted molar refractivity (Wildman–Crippen MR) is 140 cm³/mol. The number of carbonyl (C=O) groups is 2. The summed E-state index contributed by atoms with van der Waals surface area (Å²) in [6.07, 6.45) is 1.62. The van der Waals surface area contributed by atoms with E-state index in [2.05, 4.69) is 27.6 Å². The highest BCUT2D eigenvalue weighted by atomic mass is 127. The van der Waals surface area contributed by atoms with Crippen molar-refractivity contribution in [3.63, 3.8) is 0 Å². The first-order valence-corrected chi connectivity index (χ1v) is 11.9. The van der Waals surface area contributed by atoms with Crippen molar-refractivity contribution in [2.75, 3.05) is 20.3 Å². The summed E-state index contributed by atoms with van der Waals surface area (Å²) in [6, 6.07) is 21.2. The molecule has 7 nitrogen and oxygen atoms in total. The number of hydrogen-bond acceptors (Lipinski definition) is 7. The fraction of sp³-hybridized carbons (Fsp3) is 0.148. The van der Waals surface area contributed by atoms with Gasteiger partial charge in [-0.2, -0.15) is 0 Å². The molecule has 4 rings (SSSR count). The molecule has 1 aliphatic heterocycles. The summed E-state index contributed by atoms with van der Waals surface area (Å²) in [7, 11) is 1.50. The van der Waals surface area contributed by atoms with E-state index >= 15 is 0 Å². The van der Waals surface area contributed by atoms with E-state index in [0.29, 0.717) is 26.2 Å². The van der Waals surface area contributed by atoms with Gasteiger partial charge in [0.1, 0.15) is 0 Å². The SMILES string of the molecule is CCOC(=O)COc1c(I)cc(/C=C2\N=C(c3ccc(-c4ccccc4)cc3)OC2=O)cc1OC. The van der Waals surface area contributed by atoms with Crippen molar-refractivity contribution in [1.82, 2.24) is 0 Å². The Morgan fingerprint density at radius 2 is 1.71 bits per heavy atom. The van der Waals surface area contributed by atoms with Crippen molar-refractivity contribution in [1.29, 1.82) is 0 Å². The molecule has 178 valence electrons. The van der Waals surface area contributed by atoms with Crippen LogP contribution in [-0.4, -0.2) is 38.2 Å². The van der Waals surface area contributed by atoms with Crippen molar-refractivity contribution in [2.24, 2.45) is 4.99 Å². The summed E-state index contributed by atoms with van der Waals surface area (Å²) < 4.78 is 22.0. The van der Waals surface area contributed by atoms with E-state index in [-0.39, 0.29) is 24.8 Å². The maximum atomic E-state index is 12.5. The molecule has 0 N–H and O–H groups in total. The fourth-order valence-corrected chi connectivity index (χ4v) is 4.20. The van der Waals surface area contributed by atoms with Gasteiger partial charge in [0.25, 0.3) is 0 Å². The number of halogens is 1. The minimum absolute atomic E-state index is 0.171. The number of aliphatic imine (C=N–C) groups is 1. The Bertz CT molecular complexity index is 1300. The fourth-order valence-electron chi connectivity index (χ4n) is 3.42. The second-order valence-corrected chi connectivity index (χ2v) is 8.57. The number of hydrogen-bond donors (Lipinski definition) is 0. The molecule has 0 saturated heterocycles. The lowest BCUT2D eigenvalue weighted by atomic mass is 10.0. The van der Waals surface area contributed by atoms with E-state index in [4.69, 9.17) is 18.9 Å². The number of cyclic esters (lactones) is 1. The summed E-state index contributed by atoms with van der Waals surface area (Å²) in [5, 5.41) is 0. The largest absolute Gasteiger partial charge is 0.493 e. The molecule has 1 heterocycles. The minimum Gasteiger partial charge on any atom is -0.493 e. The van der Waals surface area contributed by atoms with Crippen LogP contribution >= 0.6 is 22.6 Å². The van der Waals surface area contributed by atoms with Crippen molar-refractivity contribution in [3.05, 3.63) is 87.1 Å². The number of rotatable bonds is 8. The lowest BCUT2D eigenvalue weighted by molar-refractivity contribution is -0.145. The first-order chi connectivity index (χ1) is 17.0. The van der Waals surface area contributed by atoms with E-state index in [9.17, 15) is 9.59 Å². The number of methoxy groups -OCH3 is 1. The Balaban J connectivity index is 1.55. The molecular weight excluding hydrogens is 561 g/mol. The van der Waals surface area contributed by atoms with E-state index < -0.39 is 11.9 Å². The molecule has 0 aliphatic carbocycles. The molecule has 8 heteroatoms. The van der Waals surface area contributed by atoms with Gasteiger partial charge in [-0.1, -0.05) is 42.5 Å². The van der Waals surface area contributed by atoms with Crippen LogP contribution < -0.4 is 9.47 Å². The Morgan fingerprint density at radius 3 is 2.40 bits per heavy atom. The number of benzene rings is 3. The molecule has 0 unspecified atom stereocenters. The van der Waals surface area contributed by atoms with Gasteiger partial charge in [0.05, 0.1) is 17.3 Å². The summed E-state index contributed by atoms with van der Waals surface area (Å²) >= 11 is 2.08. The van der Waals surface area contributed by atoms with Gasteiger partial charge in [-0.05, 0) is 76.5 Å². The highest BCUT2D eigenvalue weighted by Gasteiger charge is 2.24. The first kappa shape index (κ1) is 24.5. The molecular formula is C27H22INO6. The first-order valence-electron chi connectivity index (χ1n) is 10.8. The van der Waals surface area contributed by atoms with E-state index in [0.717, 1.165) is 11.1 Å². The van der Waals surface area contributed by atoms with Gasteiger partial charge in [0.2, 0.25) is 5.90 Å². The summed E-state index contributed by atoms with van der Waals surface area (Å²) in [5.74, 6) is 0.0738. The van der Waals surface area contributed by atoms with Crippen molar-refractivity contribution < 1.29 is 28.5 Å². The van der Waals surface area contributed by atoms with Crippen LogP contribution in [0.2, 0.25) is 0 Å². The summed E-state index contributed by atoms with van der Waals surface area (Å²) in [4.78, 5) is 28.5. The summed E-state index contributed by atoms with van der Waals surface area (Å²) in [6.45, 7) is 1.77. The van der Waals surface area contributed by atoms with Gasteiger partial charge in [0, 0.05) is 5.56 Å². The molecule has 0 bridgehead atoms. The number of ether oxygens (including phenoxy) is 4. The lowest BCUT2D eigenvalue weighted by Gasteiger charge is -2.13. The van der Waals surface area contributed by atoms with Crippen molar-refractivity contribution >= 4 is 46.5 Å². The van der Waals surface area contributed by atoms with Crippen LogP contribution in [-0.2, 0) is 19.1 Å². The molecule has 0 radical (unpaired) electrons. The van der Waals surface area contributed by atoms with Gasteiger partial charge in [0.15, 0.2) is 23.8 Å². The molecule has 3 aromatic rings. The van der Waals surface area contributed by atoms with Gasteiger partial charge < -0.3 is 18.9 Å². The molecule has 0 amide bonds. The normalized spacial score (nSPS) is 13.9. The third-order valence-corrected chi connectivity index (χ3v) is 5.86. The molecule has 0 spiro atoms. The lowest BCUT2D eigenvalue weighted by Crippen LogP contribution is -2.15. The quantitative estimate of drug-likeness (QED) is 0.205. The van der Waals surface area contributed by atoms with Gasteiger partial charge in [-0.3, -0.25) is 0 Å². The zero-order valence-electron chi connectivity index (χ0n) is 19.1. The number of nitrogens with zero attached hydrogens (tertiary/aromatic N) is 1. The molecule has 0 saturated carbocycles. The monoisotopic (exact) mass is 583 g/mol. The van der Waals surface area contributed by atoms with Gasteiger partial charge in [-0.15, -0.1) is 0 Å². The van der Waals surface area contributed by atoms with Crippen LogP contribution in [0.15, 0.2) is 77.4 Å². The zero-order chi connectivity index (χ0) is 24.8. The maximum absolute atomic E-state index is 12.5. The molecule has 1 aliphatic rings.